The van der Waals surface area contributed by atoms with Crippen LogP contribution in [0.15, 0.2) is 4.99 Å². The third kappa shape index (κ3) is 3.83. The highest BCUT2D eigenvalue weighted by Crippen LogP contribution is 2.00. The van der Waals surface area contributed by atoms with Crippen LogP contribution in [0.2, 0.25) is 0 Å². The fourth-order valence-electron chi connectivity index (χ4n) is 1.87. The number of urea groups is 1. The summed E-state index contributed by atoms with van der Waals surface area (Å²) in [4.78, 5) is 39.9. The number of morpholine rings is 1. The van der Waals surface area contributed by atoms with Crippen molar-refractivity contribution < 1.29 is 19.1 Å². The van der Waals surface area contributed by atoms with Crippen LogP contribution in [0, 0.1) is 5.92 Å². The van der Waals surface area contributed by atoms with Gasteiger partial charge in [0.1, 0.15) is 0 Å². The largest absolute Gasteiger partial charge is 0.379 e. The van der Waals surface area contributed by atoms with Gasteiger partial charge in [0.15, 0.2) is 5.92 Å². The van der Waals surface area contributed by atoms with Gasteiger partial charge in [-0.15, -0.1) is 0 Å². The molecule has 2 N–H and O–H groups in total. The molecule has 8 heteroatoms. The molecule has 2 heterocycles. The van der Waals surface area contributed by atoms with Gasteiger partial charge in [-0.3, -0.25) is 30.1 Å². The lowest BCUT2D eigenvalue weighted by atomic mass is 10.1. The summed E-state index contributed by atoms with van der Waals surface area (Å²) in [5, 5.41) is 4.04. The second kappa shape index (κ2) is 6.39. The summed E-state index contributed by atoms with van der Waals surface area (Å²) < 4.78 is 5.22. The highest BCUT2D eigenvalue weighted by molar-refractivity contribution is 6.23. The SMILES string of the molecule is O=C1NC(=O)C(C=NCCN2CCOCC2)C(=O)N1. The van der Waals surface area contributed by atoms with Gasteiger partial charge >= 0.3 is 6.03 Å². The number of nitrogens with one attached hydrogen (secondary N) is 2. The number of barbiturate groups is 1. The van der Waals surface area contributed by atoms with Crippen molar-refractivity contribution in [3.63, 3.8) is 0 Å². The third-order valence-corrected chi connectivity index (χ3v) is 2.94. The topological polar surface area (TPSA) is 100 Å². The molecule has 2 rings (SSSR count). The first-order valence-corrected chi connectivity index (χ1v) is 6.12. The predicted molar refractivity (Wildman–Crippen MR) is 65.8 cm³/mol. The average molecular weight is 268 g/mol. The van der Waals surface area contributed by atoms with Crippen molar-refractivity contribution in [3.8, 4) is 0 Å². The molecule has 2 fully saturated rings. The summed E-state index contributed by atoms with van der Waals surface area (Å²) >= 11 is 0. The van der Waals surface area contributed by atoms with Crippen LogP contribution in [0.25, 0.3) is 0 Å². The summed E-state index contributed by atoms with van der Waals surface area (Å²) in [6.07, 6.45) is 1.29. The molecule has 2 saturated heterocycles. The Hall–Kier alpha value is -1.80. The van der Waals surface area contributed by atoms with E-state index in [1.807, 2.05) is 10.6 Å². The van der Waals surface area contributed by atoms with Gasteiger partial charge in [-0.05, 0) is 0 Å². The van der Waals surface area contributed by atoms with Crippen molar-refractivity contribution in [1.82, 2.24) is 15.5 Å². The molecule has 0 radical (unpaired) electrons. The zero-order valence-electron chi connectivity index (χ0n) is 10.4. The maximum atomic E-state index is 11.4. The highest BCUT2D eigenvalue weighted by atomic mass is 16.5. The second-order valence-corrected chi connectivity index (χ2v) is 4.29. The van der Waals surface area contributed by atoms with Gasteiger partial charge in [0.05, 0.1) is 19.8 Å². The Morgan fingerprint density at radius 3 is 2.47 bits per heavy atom. The summed E-state index contributed by atoms with van der Waals surface area (Å²) in [5.41, 5.74) is 0. The number of imide groups is 2. The third-order valence-electron chi connectivity index (χ3n) is 2.94. The molecule has 19 heavy (non-hydrogen) atoms. The minimum Gasteiger partial charge on any atom is -0.379 e. The zero-order valence-corrected chi connectivity index (χ0v) is 10.4. The summed E-state index contributed by atoms with van der Waals surface area (Å²) in [6, 6.07) is -0.784. The Bertz CT molecular complexity index is 383. The Morgan fingerprint density at radius 2 is 1.84 bits per heavy atom. The van der Waals surface area contributed by atoms with E-state index in [1.165, 1.54) is 6.21 Å². The molecule has 104 valence electrons. The van der Waals surface area contributed by atoms with Crippen LogP contribution in [0.3, 0.4) is 0 Å². The molecule has 0 aromatic heterocycles. The van der Waals surface area contributed by atoms with Crippen molar-refractivity contribution in [2.75, 3.05) is 39.4 Å². The van der Waals surface area contributed by atoms with Crippen LogP contribution in [0.1, 0.15) is 0 Å². The number of hydrogen-bond acceptors (Lipinski definition) is 6. The molecule has 0 unspecified atom stereocenters. The van der Waals surface area contributed by atoms with Gasteiger partial charge in [0.25, 0.3) is 0 Å². The number of nitrogens with zero attached hydrogens (tertiary/aromatic N) is 2. The van der Waals surface area contributed by atoms with E-state index in [4.69, 9.17) is 4.74 Å². The molecule has 4 amide bonds. The Kier molecular flexibility index (Phi) is 4.58. The van der Waals surface area contributed by atoms with Crippen molar-refractivity contribution >= 4 is 24.1 Å². The lowest BCUT2D eigenvalue weighted by molar-refractivity contribution is -0.132. The van der Waals surface area contributed by atoms with Gasteiger partial charge in [-0.25, -0.2) is 4.79 Å². The Labute approximate surface area is 110 Å². The molecular formula is C11H16N4O4. The van der Waals surface area contributed by atoms with E-state index in [2.05, 4.69) is 9.89 Å². The minimum absolute atomic E-state index is 0.505. The lowest BCUT2D eigenvalue weighted by Gasteiger charge is -2.25. The van der Waals surface area contributed by atoms with Crippen LogP contribution in [-0.4, -0.2) is 68.4 Å². The minimum atomic E-state index is -1.03. The molecule has 2 aliphatic rings. The number of hydrogen-bond donors (Lipinski definition) is 2. The van der Waals surface area contributed by atoms with Crippen molar-refractivity contribution in [1.29, 1.82) is 0 Å². The molecule has 0 bridgehead atoms. The molecule has 8 nitrogen and oxygen atoms in total. The fraction of sp³-hybridized carbons (Fsp3) is 0.636. The normalized spacial score (nSPS) is 22.6. The van der Waals surface area contributed by atoms with E-state index in [9.17, 15) is 14.4 Å². The van der Waals surface area contributed by atoms with Gasteiger partial charge in [0.2, 0.25) is 11.8 Å². The average Bonchev–Trinajstić information content (AvgIpc) is 2.38. The number of ether oxygens (including phenoxy) is 1. The number of aliphatic imine (C=N–C) groups is 1. The maximum Gasteiger partial charge on any atom is 0.328 e. The Balaban J connectivity index is 1.76. The quantitative estimate of drug-likeness (QED) is 0.471. The van der Waals surface area contributed by atoms with Gasteiger partial charge < -0.3 is 4.74 Å². The van der Waals surface area contributed by atoms with Crippen LogP contribution in [0.4, 0.5) is 4.79 Å². The first-order valence-electron chi connectivity index (χ1n) is 6.12. The van der Waals surface area contributed by atoms with E-state index < -0.39 is 23.8 Å². The van der Waals surface area contributed by atoms with E-state index in [1.54, 1.807) is 0 Å². The molecule has 0 atom stereocenters. The number of carbonyl (C=O) groups excluding carboxylic acids is 3. The maximum absolute atomic E-state index is 11.4. The first kappa shape index (κ1) is 13.6. The van der Waals surface area contributed by atoms with Crippen LogP contribution >= 0.6 is 0 Å². The van der Waals surface area contributed by atoms with Crippen molar-refractivity contribution in [2.45, 2.75) is 0 Å². The molecule has 0 aliphatic carbocycles. The van der Waals surface area contributed by atoms with Crippen LogP contribution < -0.4 is 10.6 Å². The van der Waals surface area contributed by atoms with E-state index in [0.717, 1.165) is 32.8 Å². The first-order chi connectivity index (χ1) is 9.16. The lowest BCUT2D eigenvalue weighted by Crippen LogP contribution is -2.56. The number of carbonyl (C=O) groups is 3. The summed E-state index contributed by atoms with van der Waals surface area (Å²) in [6.45, 7) is 4.45. The van der Waals surface area contributed by atoms with Gasteiger partial charge in [-0.1, -0.05) is 0 Å². The second-order valence-electron chi connectivity index (χ2n) is 4.29. The van der Waals surface area contributed by atoms with Crippen molar-refractivity contribution in [2.24, 2.45) is 10.9 Å². The molecule has 0 saturated carbocycles. The zero-order chi connectivity index (χ0) is 13.7. The monoisotopic (exact) mass is 268 g/mol. The fourth-order valence-corrected chi connectivity index (χ4v) is 1.87. The standard InChI is InChI=1S/C11H16N4O4/c16-9-8(10(17)14-11(18)13-9)7-12-1-2-15-3-5-19-6-4-15/h7-8H,1-6H2,(H2,13,14,16,17,18). The molecule has 0 aromatic carbocycles. The molecular weight excluding hydrogens is 252 g/mol. The highest BCUT2D eigenvalue weighted by Gasteiger charge is 2.32. The van der Waals surface area contributed by atoms with Crippen LogP contribution in [-0.2, 0) is 14.3 Å². The van der Waals surface area contributed by atoms with Gasteiger partial charge in [-0.2, -0.15) is 0 Å². The summed E-state index contributed by atoms with van der Waals surface area (Å²) in [5.74, 6) is -2.30. The molecule has 0 aromatic rings. The Morgan fingerprint density at radius 1 is 1.21 bits per heavy atom. The summed E-state index contributed by atoms with van der Waals surface area (Å²) in [7, 11) is 0. The van der Waals surface area contributed by atoms with Crippen LogP contribution in [0.5, 0.6) is 0 Å². The van der Waals surface area contributed by atoms with E-state index >= 15 is 0 Å². The smallest absolute Gasteiger partial charge is 0.328 e. The van der Waals surface area contributed by atoms with E-state index in [0.29, 0.717) is 6.54 Å². The molecule has 2 aliphatic heterocycles. The van der Waals surface area contributed by atoms with Crippen molar-refractivity contribution in [3.05, 3.63) is 0 Å². The number of amides is 4. The molecule has 0 spiro atoms. The van der Waals surface area contributed by atoms with Gasteiger partial charge in [0, 0.05) is 25.8 Å². The predicted octanol–water partition coefficient (Wildman–Crippen LogP) is -1.63. The van der Waals surface area contributed by atoms with E-state index in [-0.39, 0.29) is 0 Å². The number of rotatable bonds is 4.